The molecule has 33 heavy (non-hydrogen) atoms. The van der Waals surface area contributed by atoms with E-state index in [0.29, 0.717) is 28.7 Å². The smallest absolute Gasteiger partial charge is 0.319 e. The first-order valence-electron chi connectivity index (χ1n) is 10.9. The van der Waals surface area contributed by atoms with Crippen LogP contribution in [0.3, 0.4) is 0 Å². The number of esters is 1. The van der Waals surface area contributed by atoms with E-state index in [2.05, 4.69) is 26.4 Å². The predicted octanol–water partition coefficient (Wildman–Crippen LogP) is 4.88. The summed E-state index contributed by atoms with van der Waals surface area (Å²) in [5.74, 6) is 1.10. The van der Waals surface area contributed by atoms with E-state index in [1.165, 1.54) is 7.11 Å². The zero-order valence-electron chi connectivity index (χ0n) is 18.9. The third-order valence-corrected chi connectivity index (χ3v) is 5.58. The van der Waals surface area contributed by atoms with Gasteiger partial charge in [-0.15, -0.1) is 0 Å². The molecule has 8 heteroatoms. The Bertz CT molecular complexity index is 1200. The van der Waals surface area contributed by atoms with Crippen molar-refractivity contribution < 1.29 is 18.8 Å². The lowest BCUT2D eigenvalue weighted by Gasteiger charge is -2.27. The van der Waals surface area contributed by atoms with E-state index >= 15 is 0 Å². The van der Waals surface area contributed by atoms with Crippen LogP contribution in [0, 0.1) is 6.57 Å². The number of carbonyl (C=O) groups is 1. The number of hydrogen-bond donors (Lipinski definition) is 1. The van der Waals surface area contributed by atoms with Gasteiger partial charge in [0.05, 0.1) is 26.3 Å². The van der Waals surface area contributed by atoms with Crippen LogP contribution in [-0.2, 0) is 16.0 Å². The number of methoxy groups -OCH3 is 1. The quantitative estimate of drug-likeness (QED) is 0.408. The number of benzene rings is 2. The Labute approximate surface area is 192 Å². The molecule has 0 bridgehead atoms. The van der Waals surface area contributed by atoms with Gasteiger partial charge in [-0.1, -0.05) is 23.4 Å². The number of aromatic nitrogens is 2. The van der Waals surface area contributed by atoms with Crippen molar-refractivity contribution in [1.29, 1.82) is 0 Å². The highest BCUT2D eigenvalue weighted by atomic mass is 16.5. The maximum Gasteiger partial charge on any atom is 0.319 e. The summed E-state index contributed by atoms with van der Waals surface area (Å²) in [6, 6.07) is 11.4. The Hall–Kier alpha value is -3.70. The highest BCUT2D eigenvalue weighted by molar-refractivity contribution is 5.72. The van der Waals surface area contributed by atoms with Gasteiger partial charge in [-0.05, 0) is 62.4 Å². The minimum absolute atomic E-state index is 0.0263. The molecule has 1 aromatic heterocycles. The third-order valence-electron chi connectivity index (χ3n) is 5.58. The number of fused-ring (bicyclic) bond motifs is 1. The average Bonchev–Trinajstić information content (AvgIpc) is 3.32. The van der Waals surface area contributed by atoms with Crippen LogP contribution < -0.4 is 10.1 Å². The van der Waals surface area contributed by atoms with Crippen LogP contribution in [0.15, 0.2) is 40.9 Å². The number of nitrogens with one attached hydrogen (secondary N) is 1. The van der Waals surface area contributed by atoms with Crippen molar-refractivity contribution in [1.82, 2.24) is 15.5 Å². The van der Waals surface area contributed by atoms with Crippen molar-refractivity contribution >= 4 is 11.7 Å². The zero-order valence-corrected chi connectivity index (χ0v) is 18.9. The standard InChI is InChI=1S/C25H26N4O4/c1-15(2)32-22-12-11-16(13-21(22)26-3)25-28-24(29-33-25)19-9-5-8-18-17(19)7-6-10-20(18)27-14-23(30)31-4/h5,8-9,11-13,15,20,27H,6-7,10,14H2,1-2,4H3/t20-/m1/s1. The van der Waals surface area contributed by atoms with Gasteiger partial charge in [0.1, 0.15) is 5.75 Å². The second-order valence-corrected chi connectivity index (χ2v) is 8.16. The van der Waals surface area contributed by atoms with Crippen molar-refractivity contribution in [2.75, 3.05) is 13.7 Å². The minimum atomic E-state index is -0.287. The van der Waals surface area contributed by atoms with Crippen LogP contribution in [-0.4, -0.2) is 35.9 Å². The van der Waals surface area contributed by atoms with Crippen molar-refractivity contribution in [3.63, 3.8) is 0 Å². The number of hydrogen-bond acceptors (Lipinski definition) is 7. The minimum Gasteiger partial charge on any atom is -0.502 e. The van der Waals surface area contributed by atoms with E-state index in [1.54, 1.807) is 12.1 Å². The normalized spacial score (nSPS) is 15.1. The Morgan fingerprint density at radius 2 is 2.18 bits per heavy atom. The first kappa shape index (κ1) is 22.5. The molecule has 4 rings (SSSR count). The van der Waals surface area contributed by atoms with E-state index in [4.69, 9.17) is 20.6 Å². The molecule has 1 heterocycles. The molecule has 1 N–H and O–H groups in total. The Balaban J connectivity index is 1.62. The van der Waals surface area contributed by atoms with Crippen LogP contribution in [0.5, 0.6) is 5.75 Å². The molecule has 0 unspecified atom stereocenters. The molecule has 1 atom stereocenters. The van der Waals surface area contributed by atoms with Gasteiger partial charge in [-0.2, -0.15) is 4.98 Å². The molecule has 1 aliphatic carbocycles. The summed E-state index contributed by atoms with van der Waals surface area (Å²) >= 11 is 0. The molecule has 3 aromatic rings. The summed E-state index contributed by atoms with van der Waals surface area (Å²) in [7, 11) is 1.39. The fourth-order valence-electron chi connectivity index (χ4n) is 4.09. The topological polar surface area (TPSA) is 90.8 Å². The molecule has 170 valence electrons. The Morgan fingerprint density at radius 1 is 1.33 bits per heavy atom. The SMILES string of the molecule is [C-]#[N+]c1cc(-c2nc(-c3cccc4c3CCC[C@H]4NCC(=O)OC)no2)ccc1OC(C)C. The van der Waals surface area contributed by atoms with E-state index in [1.807, 2.05) is 32.0 Å². The fraction of sp³-hybridized carbons (Fsp3) is 0.360. The zero-order chi connectivity index (χ0) is 23.4. The number of rotatable bonds is 7. The molecule has 0 spiro atoms. The lowest BCUT2D eigenvalue weighted by atomic mass is 9.84. The van der Waals surface area contributed by atoms with Crippen LogP contribution in [0.25, 0.3) is 27.7 Å². The second kappa shape index (κ2) is 9.84. The van der Waals surface area contributed by atoms with Gasteiger partial charge < -0.3 is 19.3 Å². The van der Waals surface area contributed by atoms with Gasteiger partial charge in [0.15, 0.2) is 0 Å². The van der Waals surface area contributed by atoms with E-state index in [0.717, 1.165) is 36.0 Å². The molecule has 8 nitrogen and oxygen atoms in total. The molecular weight excluding hydrogens is 420 g/mol. The lowest BCUT2D eigenvalue weighted by Crippen LogP contribution is -2.30. The summed E-state index contributed by atoms with van der Waals surface area (Å²) in [4.78, 5) is 19.8. The third kappa shape index (κ3) is 4.89. The van der Waals surface area contributed by atoms with Crippen molar-refractivity contribution in [3.8, 4) is 28.6 Å². The first-order chi connectivity index (χ1) is 16.0. The molecule has 0 saturated carbocycles. The molecular formula is C25H26N4O4. The summed E-state index contributed by atoms with van der Waals surface area (Å²) in [6.07, 6.45) is 2.80. The van der Waals surface area contributed by atoms with Gasteiger partial charge in [-0.3, -0.25) is 4.79 Å². The first-order valence-corrected chi connectivity index (χ1v) is 10.9. The van der Waals surface area contributed by atoms with Gasteiger partial charge >= 0.3 is 5.97 Å². The second-order valence-electron chi connectivity index (χ2n) is 8.16. The summed E-state index contributed by atoms with van der Waals surface area (Å²) < 4.78 is 16.0. The van der Waals surface area contributed by atoms with Crippen molar-refractivity contribution in [2.24, 2.45) is 0 Å². The maximum absolute atomic E-state index is 11.6. The molecule has 0 saturated heterocycles. The van der Waals surface area contributed by atoms with Crippen LogP contribution in [0.4, 0.5) is 5.69 Å². The van der Waals surface area contributed by atoms with E-state index < -0.39 is 0 Å². The lowest BCUT2D eigenvalue weighted by molar-refractivity contribution is -0.139. The fourth-order valence-corrected chi connectivity index (χ4v) is 4.09. The molecule has 0 fully saturated rings. The van der Waals surface area contributed by atoms with Crippen LogP contribution >= 0.6 is 0 Å². The summed E-state index contributed by atoms with van der Waals surface area (Å²) in [5, 5.41) is 7.51. The van der Waals surface area contributed by atoms with Gasteiger partial charge in [0.2, 0.25) is 11.5 Å². The van der Waals surface area contributed by atoms with E-state index in [9.17, 15) is 4.79 Å². The molecule has 1 aliphatic rings. The average molecular weight is 447 g/mol. The number of ether oxygens (including phenoxy) is 2. The number of nitrogens with zero attached hydrogens (tertiary/aromatic N) is 3. The van der Waals surface area contributed by atoms with Crippen LogP contribution in [0.2, 0.25) is 0 Å². The maximum atomic E-state index is 11.6. The molecule has 0 aliphatic heterocycles. The molecule has 0 amide bonds. The largest absolute Gasteiger partial charge is 0.502 e. The Kier molecular flexibility index (Phi) is 6.71. The van der Waals surface area contributed by atoms with Crippen molar-refractivity contribution in [2.45, 2.75) is 45.3 Å². The summed E-state index contributed by atoms with van der Waals surface area (Å²) in [5.41, 5.74) is 4.27. The predicted molar refractivity (Wildman–Crippen MR) is 123 cm³/mol. The summed E-state index contributed by atoms with van der Waals surface area (Å²) in [6.45, 7) is 11.5. The van der Waals surface area contributed by atoms with Gasteiger partial charge in [-0.25, -0.2) is 4.85 Å². The molecule has 0 radical (unpaired) electrons. The van der Waals surface area contributed by atoms with Gasteiger partial charge in [0, 0.05) is 17.2 Å². The monoisotopic (exact) mass is 446 g/mol. The highest BCUT2D eigenvalue weighted by Gasteiger charge is 2.25. The Morgan fingerprint density at radius 3 is 2.94 bits per heavy atom. The van der Waals surface area contributed by atoms with E-state index in [-0.39, 0.29) is 24.7 Å². The van der Waals surface area contributed by atoms with Crippen molar-refractivity contribution in [3.05, 3.63) is 58.9 Å². The van der Waals surface area contributed by atoms with Gasteiger partial charge in [0.25, 0.3) is 5.89 Å². The number of carbonyl (C=O) groups excluding carboxylic acids is 1. The van der Waals surface area contributed by atoms with Crippen LogP contribution in [0.1, 0.15) is 43.9 Å². The highest BCUT2D eigenvalue weighted by Crippen LogP contribution is 2.37. The molecule has 2 aromatic carbocycles.